The Balaban J connectivity index is 1.97. The minimum Gasteiger partial charge on any atom is -0.497 e. The average Bonchev–Trinajstić information content (AvgIpc) is 2.63. The summed E-state index contributed by atoms with van der Waals surface area (Å²) in [5, 5.41) is 5.70. The average molecular weight is 262 g/mol. The zero-order chi connectivity index (χ0) is 13.7. The molecule has 0 aliphatic carbocycles. The maximum atomic E-state index is 12.0. The lowest BCUT2D eigenvalue weighted by Gasteiger charge is -2.15. The van der Waals surface area contributed by atoms with Crippen molar-refractivity contribution in [3.63, 3.8) is 0 Å². The SMILES string of the molecule is COc1ccc(C(=O)NC2CCCNC(=O)C2)cc1. The van der Waals surface area contributed by atoms with Crippen LogP contribution in [0.4, 0.5) is 0 Å². The number of benzene rings is 1. The third kappa shape index (κ3) is 3.71. The molecule has 0 spiro atoms. The van der Waals surface area contributed by atoms with E-state index in [-0.39, 0.29) is 17.9 Å². The predicted molar refractivity (Wildman–Crippen MR) is 71.1 cm³/mol. The zero-order valence-electron chi connectivity index (χ0n) is 10.9. The number of carbonyl (C=O) groups excluding carboxylic acids is 2. The van der Waals surface area contributed by atoms with E-state index in [4.69, 9.17) is 4.74 Å². The monoisotopic (exact) mass is 262 g/mol. The summed E-state index contributed by atoms with van der Waals surface area (Å²) >= 11 is 0. The molecule has 1 aliphatic rings. The van der Waals surface area contributed by atoms with Gasteiger partial charge in [0, 0.05) is 24.6 Å². The van der Waals surface area contributed by atoms with Gasteiger partial charge in [0.1, 0.15) is 5.75 Å². The summed E-state index contributed by atoms with van der Waals surface area (Å²) in [4.78, 5) is 23.5. The molecule has 1 aromatic rings. The molecule has 2 amide bonds. The van der Waals surface area contributed by atoms with Crippen molar-refractivity contribution in [2.75, 3.05) is 13.7 Å². The van der Waals surface area contributed by atoms with E-state index >= 15 is 0 Å². The third-order valence-corrected chi connectivity index (χ3v) is 3.17. The topological polar surface area (TPSA) is 67.4 Å². The van der Waals surface area contributed by atoms with Gasteiger partial charge < -0.3 is 15.4 Å². The second kappa shape index (κ2) is 6.22. The molecule has 0 bridgehead atoms. The molecular weight excluding hydrogens is 244 g/mol. The Bertz CT molecular complexity index is 456. The smallest absolute Gasteiger partial charge is 0.251 e. The van der Waals surface area contributed by atoms with Gasteiger partial charge in [0.25, 0.3) is 5.91 Å². The van der Waals surface area contributed by atoms with Crippen LogP contribution in [0.2, 0.25) is 0 Å². The van der Waals surface area contributed by atoms with E-state index in [1.54, 1.807) is 31.4 Å². The number of rotatable bonds is 3. The lowest BCUT2D eigenvalue weighted by Crippen LogP contribution is -2.36. The van der Waals surface area contributed by atoms with E-state index in [0.717, 1.165) is 12.8 Å². The van der Waals surface area contributed by atoms with Crippen LogP contribution in [0.3, 0.4) is 0 Å². The van der Waals surface area contributed by atoms with E-state index in [0.29, 0.717) is 24.3 Å². The van der Waals surface area contributed by atoms with E-state index in [9.17, 15) is 9.59 Å². The lowest BCUT2D eigenvalue weighted by molar-refractivity contribution is -0.121. The van der Waals surface area contributed by atoms with Gasteiger partial charge in [-0.2, -0.15) is 0 Å². The zero-order valence-corrected chi connectivity index (χ0v) is 10.9. The van der Waals surface area contributed by atoms with Crippen LogP contribution in [-0.2, 0) is 4.79 Å². The van der Waals surface area contributed by atoms with E-state index in [1.165, 1.54) is 0 Å². The van der Waals surface area contributed by atoms with Crippen LogP contribution in [0.25, 0.3) is 0 Å². The molecule has 0 aromatic heterocycles. The van der Waals surface area contributed by atoms with Crippen molar-refractivity contribution in [3.05, 3.63) is 29.8 Å². The van der Waals surface area contributed by atoms with Crippen molar-refractivity contribution in [2.24, 2.45) is 0 Å². The Kier molecular flexibility index (Phi) is 4.39. The third-order valence-electron chi connectivity index (χ3n) is 3.17. The number of amides is 2. The summed E-state index contributed by atoms with van der Waals surface area (Å²) in [5.41, 5.74) is 0.574. The number of methoxy groups -OCH3 is 1. The van der Waals surface area contributed by atoms with Gasteiger partial charge in [0.05, 0.1) is 7.11 Å². The maximum absolute atomic E-state index is 12.0. The van der Waals surface area contributed by atoms with Gasteiger partial charge in [0.2, 0.25) is 5.91 Å². The molecular formula is C14H18N2O3. The number of hydrogen-bond donors (Lipinski definition) is 2. The largest absolute Gasteiger partial charge is 0.497 e. The molecule has 1 heterocycles. The van der Waals surface area contributed by atoms with Gasteiger partial charge in [-0.25, -0.2) is 0 Å². The number of carbonyl (C=O) groups is 2. The fraction of sp³-hybridized carbons (Fsp3) is 0.429. The number of nitrogens with one attached hydrogen (secondary N) is 2. The fourth-order valence-electron chi connectivity index (χ4n) is 2.11. The molecule has 1 aromatic carbocycles. The van der Waals surface area contributed by atoms with Crippen molar-refractivity contribution in [2.45, 2.75) is 25.3 Å². The summed E-state index contributed by atoms with van der Waals surface area (Å²) in [6.45, 7) is 0.688. The Morgan fingerprint density at radius 1 is 1.37 bits per heavy atom. The minimum absolute atomic E-state index is 0.00229. The highest BCUT2D eigenvalue weighted by Gasteiger charge is 2.19. The standard InChI is InChI=1S/C14H18N2O3/c1-19-12-6-4-10(5-7-12)14(18)16-11-3-2-8-15-13(17)9-11/h4-7,11H,2-3,8-9H2,1H3,(H,15,17)(H,16,18). The van der Waals surface area contributed by atoms with Crippen LogP contribution >= 0.6 is 0 Å². The van der Waals surface area contributed by atoms with E-state index in [2.05, 4.69) is 10.6 Å². The van der Waals surface area contributed by atoms with Gasteiger partial charge in [0.15, 0.2) is 0 Å². The fourth-order valence-corrected chi connectivity index (χ4v) is 2.11. The van der Waals surface area contributed by atoms with Crippen LogP contribution < -0.4 is 15.4 Å². The first-order chi connectivity index (χ1) is 9.19. The summed E-state index contributed by atoms with van der Waals surface area (Å²) in [6.07, 6.45) is 2.06. The quantitative estimate of drug-likeness (QED) is 0.857. The van der Waals surface area contributed by atoms with Crippen molar-refractivity contribution < 1.29 is 14.3 Å². The first kappa shape index (κ1) is 13.4. The van der Waals surface area contributed by atoms with Crippen LogP contribution in [0.1, 0.15) is 29.6 Å². The summed E-state index contributed by atoms with van der Waals surface area (Å²) in [7, 11) is 1.58. The van der Waals surface area contributed by atoms with Crippen LogP contribution in [-0.4, -0.2) is 31.5 Å². The second-order valence-electron chi connectivity index (χ2n) is 4.60. The molecule has 0 saturated carbocycles. The van der Waals surface area contributed by atoms with Crippen molar-refractivity contribution >= 4 is 11.8 Å². The molecule has 2 N–H and O–H groups in total. The molecule has 2 rings (SSSR count). The summed E-state index contributed by atoms with van der Waals surface area (Å²) < 4.78 is 5.04. The molecule has 5 nitrogen and oxygen atoms in total. The van der Waals surface area contributed by atoms with Crippen molar-refractivity contribution in [1.29, 1.82) is 0 Å². The Hall–Kier alpha value is -2.04. The normalized spacial score (nSPS) is 19.2. The highest BCUT2D eigenvalue weighted by molar-refractivity contribution is 5.94. The first-order valence-corrected chi connectivity index (χ1v) is 6.40. The highest BCUT2D eigenvalue weighted by atomic mass is 16.5. The summed E-state index contributed by atoms with van der Waals surface area (Å²) in [5.74, 6) is 0.560. The van der Waals surface area contributed by atoms with Crippen LogP contribution in [0.15, 0.2) is 24.3 Å². The molecule has 19 heavy (non-hydrogen) atoms. The van der Waals surface area contributed by atoms with E-state index in [1.807, 2.05) is 0 Å². The van der Waals surface area contributed by atoms with Crippen LogP contribution in [0, 0.1) is 0 Å². The minimum atomic E-state index is -0.151. The van der Waals surface area contributed by atoms with Crippen molar-refractivity contribution in [1.82, 2.24) is 10.6 Å². The maximum Gasteiger partial charge on any atom is 0.251 e. The molecule has 1 atom stereocenters. The van der Waals surface area contributed by atoms with Gasteiger partial charge in [-0.05, 0) is 37.1 Å². The molecule has 1 aliphatic heterocycles. The number of hydrogen-bond acceptors (Lipinski definition) is 3. The Morgan fingerprint density at radius 3 is 2.79 bits per heavy atom. The second-order valence-corrected chi connectivity index (χ2v) is 4.60. The highest BCUT2D eigenvalue weighted by Crippen LogP contribution is 2.12. The van der Waals surface area contributed by atoms with Gasteiger partial charge in [-0.3, -0.25) is 9.59 Å². The predicted octanol–water partition coefficient (Wildman–Crippen LogP) is 1.09. The Labute approximate surface area is 112 Å². The molecule has 1 fully saturated rings. The molecule has 1 saturated heterocycles. The van der Waals surface area contributed by atoms with Gasteiger partial charge in [-0.15, -0.1) is 0 Å². The van der Waals surface area contributed by atoms with Crippen LogP contribution in [0.5, 0.6) is 5.75 Å². The van der Waals surface area contributed by atoms with Gasteiger partial charge >= 0.3 is 0 Å². The van der Waals surface area contributed by atoms with Gasteiger partial charge in [-0.1, -0.05) is 0 Å². The summed E-state index contributed by atoms with van der Waals surface area (Å²) in [6, 6.07) is 6.83. The molecule has 102 valence electrons. The molecule has 1 unspecified atom stereocenters. The number of ether oxygens (including phenoxy) is 1. The lowest BCUT2D eigenvalue weighted by atomic mass is 10.1. The van der Waals surface area contributed by atoms with E-state index < -0.39 is 0 Å². The Morgan fingerprint density at radius 2 is 2.11 bits per heavy atom. The molecule has 0 radical (unpaired) electrons. The molecule has 5 heteroatoms. The first-order valence-electron chi connectivity index (χ1n) is 6.40. The van der Waals surface area contributed by atoms with Crippen molar-refractivity contribution in [3.8, 4) is 5.75 Å².